The van der Waals surface area contributed by atoms with E-state index in [4.69, 9.17) is 4.74 Å². The molecule has 1 aliphatic heterocycles. The highest BCUT2D eigenvalue weighted by Crippen LogP contribution is 2.28. The van der Waals surface area contributed by atoms with Gasteiger partial charge in [-0.3, -0.25) is 9.59 Å². The van der Waals surface area contributed by atoms with Crippen molar-refractivity contribution in [2.45, 2.75) is 44.6 Å². The van der Waals surface area contributed by atoms with Crippen molar-refractivity contribution in [1.29, 1.82) is 0 Å². The van der Waals surface area contributed by atoms with Crippen LogP contribution in [-0.4, -0.2) is 36.5 Å². The molecule has 4 heteroatoms. The first-order valence-corrected chi connectivity index (χ1v) is 6.09. The molecule has 0 bridgehead atoms. The second kappa shape index (κ2) is 4.85. The molecule has 0 radical (unpaired) electrons. The Kier molecular flexibility index (Phi) is 3.46. The SMILES string of the molecule is COC(=O)[C@H]1CCC(=O)N(C2CCCC2)C1. The van der Waals surface area contributed by atoms with Gasteiger partial charge in [-0.1, -0.05) is 12.8 Å². The Labute approximate surface area is 95.9 Å². The predicted molar refractivity (Wildman–Crippen MR) is 58.7 cm³/mol. The number of nitrogens with zero attached hydrogens (tertiary/aromatic N) is 1. The minimum absolute atomic E-state index is 0.108. The van der Waals surface area contributed by atoms with E-state index in [0.717, 1.165) is 12.8 Å². The first-order valence-electron chi connectivity index (χ1n) is 6.09. The highest BCUT2D eigenvalue weighted by molar-refractivity contribution is 5.81. The topological polar surface area (TPSA) is 46.6 Å². The molecule has 1 amide bonds. The van der Waals surface area contributed by atoms with Crippen molar-refractivity contribution in [3.05, 3.63) is 0 Å². The summed E-state index contributed by atoms with van der Waals surface area (Å²) in [6, 6.07) is 0.375. The van der Waals surface area contributed by atoms with Gasteiger partial charge in [0.25, 0.3) is 0 Å². The number of ether oxygens (including phenoxy) is 1. The molecule has 1 heterocycles. The fraction of sp³-hybridized carbons (Fsp3) is 0.833. The van der Waals surface area contributed by atoms with Crippen molar-refractivity contribution in [3.8, 4) is 0 Å². The Morgan fingerprint density at radius 2 is 2.00 bits per heavy atom. The Balaban J connectivity index is 1.99. The molecule has 1 atom stereocenters. The molecular formula is C12H19NO3. The van der Waals surface area contributed by atoms with Crippen molar-refractivity contribution in [3.63, 3.8) is 0 Å². The molecule has 0 N–H and O–H groups in total. The van der Waals surface area contributed by atoms with Gasteiger partial charge in [-0.05, 0) is 19.3 Å². The summed E-state index contributed by atoms with van der Waals surface area (Å²) in [5.41, 5.74) is 0. The first kappa shape index (κ1) is 11.4. The van der Waals surface area contributed by atoms with Crippen LogP contribution in [0, 0.1) is 5.92 Å². The smallest absolute Gasteiger partial charge is 0.310 e. The normalized spacial score (nSPS) is 27.2. The summed E-state index contributed by atoms with van der Waals surface area (Å²) in [5.74, 6) is -0.0640. The second-order valence-electron chi connectivity index (χ2n) is 4.74. The molecule has 1 saturated heterocycles. The van der Waals surface area contributed by atoms with Crippen molar-refractivity contribution >= 4 is 11.9 Å². The van der Waals surface area contributed by atoms with Crippen LogP contribution in [0.5, 0.6) is 0 Å². The lowest BCUT2D eigenvalue weighted by Gasteiger charge is -2.35. The third-order valence-corrected chi connectivity index (χ3v) is 3.74. The van der Waals surface area contributed by atoms with Gasteiger partial charge in [0, 0.05) is 19.0 Å². The molecule has 0 spiro atoms. The van der Waals surface area contributed by atoms with Crippen LogP contribution >= 0.6 is 0 Å². The fourth-order valence-corrected chi connectivity index (χ4v) is 2.80. The lowest BCUT2D eigenvalue weighted by atomic mass is 9.96. The number of amides is 1. The zero-order valence-electron chi connectivity index (χ0n) is 9.78. The van der Waals surface area contributed by atoms with Gasteiger partial charge >= 0.3 is 5.97 Å². The molecule has 2 rings (SSSR count). The van der Waals surface area contributed by atoms with Gasteiger partial charge in [0.1, 0.15) is 0 Å². The lowest BCUT2D eigenvalue weighted by molar-refractivity contribution is -0.151. The van der Waals surface area contributed by atoms with E-state index in [9.17, 15) is 9.59 Å². The molecule has 1 saturated carbocycles. The zero-order chi connectivity index (χ0) is 11.5. The maximum atomic E-state index is 11.8. The molecule has 90 valence electrons. The Morgan fingerprint density at radius 1 is 1.31 bits per heavy atom. The van der Waals surface area contributed by atoms with Crippen LogP contribution in [0.15, 0.2) is 0 Å². The largest absolute Gasteiger partial charge is 0.469 e. The van der Waals surface area contributed by atoms with Crippen molar-refractivity contribution in [2.75, 3.05) is 13.7 Å². The highest BCUT2D eigenvalue weighted by atomic mass is 16.5. The highest BCUT2D eigenvalue weighted by Gasteiger charge is 2.35. The van der Waals surface area contributed by atoms with E-state index < -0.39 is 0 Å². The zero-order valence-corrected chi connectivity index (χ0v) is 9.78. The van der Waals surface area contributed by atoms with Crippen LogP contribution in [0.2, 0.25) is 0 Å². The van der Waals surface area contributed by atoms with E-state index in [0.29, 0.717) is 25.4 Å². The summed E-state index contributed by atoms with van der Waals surface area (Å²) in [6.07, 6.45) is 5.75. The molecule has 0 unspecified atom stereocenters. The molecule has 0 aromatic carbocycles. The lowest BCUT2D eigenvalue weighted by Crippen LogP contribution is -2.47. The van der Waals surface area contributed by atoms with Crippen LogP contribution in [0.25, 0.3) is 0 Å². The third-order valence-electron chi connectivity index (χ3n) is 3.74. The van der Waals surface area contributed by atoms with Crippen LogP contribution in [0.4, 0.5) is 0 Å². The van der Waals surface area contributed by atoms with Crippen molar-refractivity contribution < 1.29 is 14.3 Å². The predicted octanol–water partition coefficient (Wildman–Crippen LogP) is 1.34. The van der Waals surface area contributed by atoms with Crippen molar-refractivity contribution in [1.82, 2.24) is 4.90 Å². The molecule has 0 aromatic heterocycles. The monoisotopic (exact) mass is 225 g/mol. The van der Waals surface area contributed by atoms with Crippen LogP contribution in [0.3, 0.4) is 0 Å². The molecular weight excluding hydrogens is 206 g/mol. The van der Waals surface area contributed by atoms with E-state index in [2.05, 4.69) is 0 Å². The van der Waals surface area contributed by atoms with E-state index in [1.165, 1.54) is 20.0 Å². The van der Waals surface area contributed by atoms with E-state index in [1.54, 1.807) is 0 Å². The van der Waals surface area contributed by atoms with Crippen LogP contribution in [-0.2, 0) is 14.3 Å². The number of piperidine rings is 1. The number of likely N-dealkylation sites (tertiary alicyclic amines) is 1. The van der Waals surface area contributed by atoms with Crippen molar-refractivity contribution in [2.24, 2.45) is 5.92 Å². The summed E-state index contributed by atoms with van der Waals surface area (Å²) < 4.78 is 4.76. The summed E-state index contributed by atoms with van der Waals surface area (Å²) in [6.45, 7) is 0.566. The van der Waals surface area contributed by atoms with Gasteiger partial charge in [-0.15, -0.1) is 0 Å². The van der Waals surface area contributed by atoms with Gasteiger partial charge in [0.15, 0.2) is 0 Å². The number of hydrogen-bond donors (Lipinski definition) is 0. The molecule has 2 fully saturated rings. The molecule has 2 aliphatic rings. The Morgan fingerprint density at radius 3 is 2.62 bits per heavy atom. The number of esters is 1. The minimum atomic E-state index is -0.171. The average Bonchev–Trinajstić information content (AvgIpc) is 2.82. The summed E-state index contributed by atoms with van der Waals surface area (Å²) in [5, 5.41) is 0. The molecule has 16 heavy (non-hydrogen) atoms. The summed E-state index contributed by atoms with van der Waals surface area (Å²) in [4.78, 5) is 25.2. The van der Waals surface area contributed by atoms with Gasteiger partial charge in [0.05, 0.1) is 13.0 Å². The van der Waals surface area contributed by atoms with E-state index >= 15 is 0 Å². The first-order chi connectivity index (χ1) is 7.72. The van der Waals surface area contributed by atoms with E-state index in [1.807, 2.05) is 4.90 Å². The number of carbonyl (C=O) groups excluding carboxylic acids is 2. The number of rotatable bonds is 2. The summed E-state index contributed by atoms with van der Waals surface area (Å²) >= 11 is 0. The third kappa shape index (κ3) is 2.20. The Bertz CT molecular complexity index is 284. The molecule has 0 aromatic rings. The van der Waals surface area contributed by atoms with Gasteiger partial charge < -0.3 is 9.64 Å². The fourth-order valence-electron chi connectivity index (χ4n) is 2.80. The summed E-state index contributed by atoms with van der Waals surface area (Å²) in [7, 11) is 1.42. The number of methoxy groups -OCH3 is 1. The molecule has 4 nitrogen and oxygen atoms in total. The second-order valence-corrected chi connectivity index (χ2v) is 4.74. The van der Waals surface area contributed by atoms with Crippen LogP contribution < -0.4 is 0 Å². The van der Waals surface area contributed by atoms with E-state index in [-0.39, 0.29) is 17.8 Å². The number of hydrogen-bond acceptors (Lipinski definition) is 3. The van der Waals surface area contributed by atoms with Crippen LogP contribution in [0.1, 0.15) is 38.5 Å². The van der Waals surface area contributed by atoms with Gasteiger partial charge in [-0.25, -0.2) is 0 Å². The molecule has 1 aliphatic carbocycles. The number of carbonyl (C=O) groups is 2. The quantitative estimate of drug-likeness (QED) is 0.666. The standard InChI is InChI=1S/C12H19NO3/c1-16-12(15)9-6-7-11(14)13(8-9)10-4-2-3-5-10/h9-10H,2-8H2,1H3/t9-/m0/s1. The van der Waals surface area contributed by atoms with Gasteiger partial charge in [-0.2, -0.15) is 0 Å². The van der Waals surface area contributed by atoms with Gasteiger partial charge in [0.2, 0.25) is 5.91 Å². The Hall–Kier alpha value is -1.06. The maximum Gasteiger partial charge on any atom is 0.310 e. The average molecular weight is 225 g/mol. The maximum absolute atomic E-state index is 11.8. The minimum Gasteiger partial charge on any atom is -0.469 e.